The molecule has 0 fully saturated rings. The number of nitrogens with one attached hydrogen (secondary N) is 1. The molecule has 0 aliphatic carbocycles. The van der Waals surface area contributed by atoms with Gasteiger partial charge in [0, 0.05) is 18.2 Å². The molecule has 4 nitrogen and oxygen atoms in total. The summed E-state index contributed by atoms with van der Waals surface area (Å²) in [6, 6.07) is 7.34. The van der Waals surface area contributed by atoms with Gasteiger partial charge in [-0.05, 0) is 37.5 Å². The molecule has 0 radical (unpaired) electrons. The molecular formula is C14H21BrN2O2. The number of carbonyl (C=O) groups excluding carboxylic acids is 1. The number of amides is 1. The zero-order chi connectivity index (χ0) is 14.3. The van der Waals surface area contributed by atoms with Crippen molar-refractivity contribution in [1.29, 1.82) is 0 Å². The summed E-state index contributed by atoms with van der Waals surface area (Å²) >= 11 is 3.38. The fourth-order valence-electron chi connectivity index (χ4n) is 1.73. The lowest BCUT2D eigenvalue weighted by Gasteiger charge is -2.18. The van der Waals surface area contributed by atoms with Gasteiger partial charge in [-0.15, -0.1) is 0 Å². The molecule has 1 amide bonds. The first-order valence-electron chi connectivity index (χ1n) is 6.35. The van der Waals surface area contributed by atoms with Crippen LogP contribution in [0.3, 0.4) is 0 Å². The van der Waals surface area contributed by atoms with Gasteiger partial charge in [0.1, 0.15) is 0 Å². The summed E-state index contributed by atoms with van der Waals surface area (Å²) < 4.78 is 5.96. The van der Waals surface area contributed by atoms with E-state index < -0.39 is 6.04 Å². The highest BCUT2D eigenvalue weighted by molar-refractivity contribution is 9.10. The topological polar surface area (TPSA) is 64.3 Å². The van der Waals surface area contributed by atoms with E-state index in [9.17, 15) is 4.79 Å². The van der Waals surface area contributed by atoms with Crippen LogP contribution in [0.2, 0.25) is 0 Å². The van der Waals surface area contributed by atoms with Crippen LogP contribution >= 0.6 is 15.9 Å². The Morgan fingerprint density at radius 1 is 1.42 bits per heavy atom. The molecule has 1 unspecified atom stereocenters. The van der Waals surface area contributed by atoms with E-state index in [1.807, 2.05) is 31.2 Å². The molecule has 19 heavy (non-hydrogen) atoms. The van der Waals surface area contributed by atoms with Crippen molar-refractivity contribution in [2.24, 2.45) is 5.73 Å². The SMILES string of the molecule is COCCCC(N)C(=O)N[C@@H](C)c1ccc(Br)cc1. The van der Waals surface area contributed by atoms with Gasteiger partial charge in [0.2, 0.25) is 5.91 Å². The summed E-state index contributed by atoms with van der Waals surface area (Å²) in [7, 11) is 1.64. The Bertz CT molecular complexity index is 395. The number of methoxy groups -OCH3 is 1. The summed E-state index contributed by atoms with van der Waals surface area (Å²) in [6.07, 6.45) is 1.42. The van der Waals surface area contributed by atoms with E-state index in [1.54, 1.807) is 7.11 Å². The van der Waals surface area contributed by atoms with Gasteiger partial charge in [-0.3, -0.25) is 4.79 Å². The third-order valence-electron chi connectivity index (χ3n) is 2.93. The second-order valence-corrected chi connectivity index (χ2v) is 5.44. The van der Waals surface area contributed by atoms with Crippen LogP contribution in [0, 0.1) is 0 Å². The monoisotopic (exact) mass is 328 g/mol. The molecule has 3 N–H and O–H groups in total. The van der Waals surface area contributed by atoms with Crippen molar-refractivity contribution in [2.45, 2.75) is 31.8 Å². The molecular weight excluding hydrogens is 308 g/mol. The normalized spacial score (nSPS) is 13.9. The molecule has 5 heteroatoms. The largest absolute Gasteiger partial charge is 0.385 e. The van der Waals surface area contributed by atoms with Gasteiger partial charge in [-0.2, -0.15) is 0 Å². The molecule has 0 saturated carbocycles. The predicted octanol–water partition coefficient (Wildman–Crippen LogP) is 2.38. The van der Waals surface area contributed by atoms with E-state index in [0.717, 1.165) is 16.5 Å². The van der Waals surface area contributed by atoms with Crippen molar-refractivity contribution in [3.8, 4) is 0 Å². The first-order valence-corrected chi connectivity index (χ1v) is 7.14. The third-order valence-corrected chi connectivity index (χ3v) is 3.46. The summed E-state index contributed by atoms with van der Waals surface area (Å²) in [5, 5.41) is 2.92. The fraction of sp³-hybridized carbons (Fsp3) is 0.500. The van der Waals surface area contributed by atoms with Gasteiger partial charge < -0.3 is 15.8 Å². The van der Waals surface area contributed by atoms with Crippen molar-refractivity contribution in [3.63, 3.8) is 0 Å². The van der Waals surface area contributed by atoms with Crippen LogP contribution in [0.1, 0.15) is 31.4 Å². The Morgan fingerprint density at radius 3 is 2.63 bits per heavy atom. The van der Waals surface area contributed by atoms with Crippen LogP contribution in [0.5, 0.6) is 0 Å². The van der Waals surface area contributed by atoms with E-state index in [1.165, 1.54) is 0 Å². The van der Waals surface area contributed by atoms with Crippen molar-refractivity contribution >= 4 is 21.8 Å². The van der Waals surface area contributed by atoms with Gasteiger partial charge >= 0.3 is 0 Å². The highest BCUT2D eigenvalue weighted by Gasteiger charge is 2.16. The van der Waals surface area contributed by atoms with Crippen molar-refractivity contribution in [1.82, 2.24) is 5.32 Å². The minimum Gasteiger partial charge on any atom is -0.385 e. The van der Waals surface area contributed by atoms with Crippen LogP contribution in [-0.4, -0.2) is 25.7 Å². The van der Waals surface area contributed by atoms with E-state index in [-0.39, 0.29) is 11.9 Å². The maximum Gasteiger partial charge on any atom is 0.237 e. The van der Waals surface area contributed by atoms with Crippen LogP contribution in [0.15, 0.2) is 28.7 Å². The Kier molecular flexibility index (Phi) is 7.05. The lowest BCUT2D eigenvalue weighted by atomic mass is 10.1. The molecule has 106 valence electrons. The van der Waals surface area contributed by atoms with Gasteiger partial charge in [0.25, 0.3) is 0 Å². The predicted molar refractivity (Wildman–Crippen MR) is 79.8 cm³/mol. The number of halogens is 1. The second kappa shape index (κ2) is 8.30. The first-order chi connectivity index (χ1) is 9.04. The molecule has 0 aliphatic rings. The molecule has 0 spiro atoms. The smallest absolute Gasteiger partial charge is 0.237 e. The Labute approximate surface area is 122 Å². The molecule has 2 atom stereocenters. The lowest BCUT2D eigenvalue weighted by molar-refractivity contribution is -0.123. The summed E-state index contributed by atoms with van der Waals surface area (Å²) in [5.74, 6) is -0.119. The Hall–Kier alpha value is -0.910. The van der Waals surface area contributed by atoms with Gasteiger partial charge in [0.05, 0.1) is 12.1 Å². The standard InChI is InChI=1S/C14H21BrN2O2/c1-10(11-5-7-12(15)8-6-11)17-14(18)13(16)4-3-9-19-2/h5-8,10,13H,3-4,9,16H2,1-2H3,(H,17,18)/t10-,13?/m0/s1. The minimum absolute atomic E-state index is 0.0472. The zero-order valence-corrected chi connectivity index (χ0v) is 12.9. The number of hydrogen-bond acceptors (Lipinski definition) is 3. The molecule has 1 aromatic rings. The molecule has 0 aromatic heterocycles. The molecule has 0 aliphatic heterocycles. The highest BCUT2D eigenvalue weighted by atomic mass is 79.9. The van der Waals surface area contributed by atoms with Crippen molar-refractivity contribution < 1.29 is 9.53 Å². The zero-order valence-electron chi connectivity index (χ0n) is 11.4. The third kappa shape index (κ3) is 5.72. The second-order valence-electron chi connectivity index (χ2n) is 4.52. The van der Waals surface area contributed by atoms with Crippen molar-refractivity contribution in [3.05, 3.63) is 34.3 Å². The van der Waals surface area contributed by atoms with E-state index >= 15 is 0 Å². The fourth-order valence-corrected chi connectivity index (χ4v) is 2.00. The quantitative estimate of drug-likeness (QED) is 0.755. The van der Waals surface area contributed by atoms with E-state index in [2.05, 4.69) is 21.2 Å². The summed E-state index contributed by atoms with van der Waals surface area (Å²) in [5.41, 5.74) is 6.89. The van der Waals surface area contributed by atoms with Gasteiger partial charge in [-0.1, -0.05) is 28.1 Å². The van der Waals surface area contributed by atoms with E-state index in [4.69, 9.17) is 10.5 Å². The molecule has 1 rings (SSSR count). The lowest BCUT2D eigenvalue weighted by Crippen LogP contribution is -2.41. The number of rotatable bonds is 7. The maximum absolute atomic E-state index is 11.9. The van der Waals surface area contributed by atoms with Crippen molar-refractivity contribution in [2.75, 3.05) is 13.7 Å². The molecule has 0 bridgehead atoms. The number of carbonyl (C=O) groups is 1. The molecule has 0 heterocycles. The van der Waals surface area contributed by atoms with Crippen LogP contribution in [0.4, 0.5) is 0 Å². The average Bonchev–Trinajstić information content (AvgIpc) is 2.39. The number of nitrogens with two attached hydrogens (primary N) is 1. The van der Waals surface area contributed by atoms with Gasteiger partial charge in [0.15, 0.2) is 0 Å². The first kappa shape index (κ1) is 16.1. The minimum atomic E-state index is -0.479. The number of ether oxygens (including phenoxy) is 1. The highest BCUT2D eigenvalue weighted by Crippen LogP contribution is 2.16. The number of benzene rings is 1. The van der Waals surface area contributed by atoms with E-state index in [0.29, 0.717) is 13.0 Å². The molecule has 1 aromatic carbocycles. The Balaban J connectivity index is 2.44. The average molecular weight is 329 g/mol. The maximum atomic E-state index is 11.9. The summed E-state index contributed by atoms with van der Waals surface area (Å²) in [6.45, 7) is 2.58. The summed E-state index contributed by atoms with van der Waals surface area (Å²) in [4.78, 5) is 11.9. The van der Waals surface area contributed by atoms with Crippen LogP contribution in [0.25, 0.3) is 0 Å². The number of hydrogen-bond donors (Lipinski definition) is 2. The molecule has 0 saturated heterocycles. The van der Waals surface area contributed by atoms with Gasteiger partial charge in [-0.25, -0.2) is 0 Å². The Morgan fingerprint density at radius 2 is 2.05 bits per heavy atom. The van der Waals surface area contributed by atoms with Crippen LogP contribution < -0.4 is 11.1 Å². The van der Waals surface area contributed by atoms with Crippen LogP contribution in [-0.2, 0) is 9.53 Å².